The van der Waals surface area contributed by atoms with E-state index in [0.717, 1.165) is 38.9 Å². The predicted molar refractivity (Wildman–Crippen MR) is 112 cm³/mol. The molecular formula is C23H20N4O. The number of carbonyl (C=O) groups excluding carboxylic acids is 1. The van der Waals surface area contributed by atoms with Gasteiger partial charge in [-0.15, -0.1) is 0 Å². The summed E-state index contributed by atoms with van der Waals surface area (Å²) in [4.78, 5) is 12.6. The van der Waals surface area contributed by atoms with Gasteiger partial charge in [-0.1, -0.05) is 72.8 Å². The van der Waals surface area contributed by atoms with Gasteiger partial charge in [-0.2, -0.15) is 10.2 Å². The molecule has 2 N–H and O–H groups in total. The normalized spacial score (nSPS) is 11.6. The second kappa shape index (κ2) is 7.48. The highest BCUT2D eigenvalue weighted by Crippen LogP contribution is 2.23. The Hall–Kier alpha value is -3.73. The summed E-state index contributed by atoms with van der Waals surface area (Å²) in [5.41, 5.74) is 7.31. The average Bonchev–Trinajstić information content (AvgIpc) is 3.13. The minimum Gasteiger partial charge on any atom is -0.272 e. The number of hydrogen-bond acceptors (Lipinski definition) is 3. The van der Waals surface area contributed by atoms with Crippen LogP contribution in [-0.2, 0) is 0 Å². The predicted octanol–water partition coefficient (Wildman–Crippen LogP) is 4.69. The minimum absolute atomic E-state index is 0.313. The summed E-state index contributed by atoms with van der Waals surface area (Å²) in [6.07, 6.45) is 0. The number of fused-ring (bicyclic) bond motifs is 1. The van der Waals surface area contributed by atoms with Crippen LogP contribution in [0.3, 0.4) is 0 Å². The van der Waals surface area contributed by atoms with E-state index in [1.807, 2.05) is 68.4 Å². The fraction of sp³-hybridized carbons (Fsp3) is 0.0870. The molecular weight excluding hydrogens is 348 g/mol. The molecule has 0 atom stereocenters. The molecule has 5 heteroatoms. The summed E-state index contributed by atoms with van der Waals surface area (Å²) in [6, 6.07) is 23.9. The largest absolute Gasteiger partial charge is 0.289 e. The van der Waals surface area contributed by atoms with Crippen molar-refractivity contribution in [1.82, 2.24) is 15.6 Å². The molecule has 0 aliphatic rings. The number of aromatic amines is 1. The highest BCUT2D eigenvalue weighted by molar-refractivity contribution is 6.10. The maximum atomic E-state index is 12.6. The Morgan fingerprint density at radius 3 is 2.50 bits per heavy atom. The third-order valence-electron chi connectivity index (χ3n) is 4.79. The van der Waals surface area contributed by atoms with Crippen molar-refractivity contribution in [3.63, 3.8) is 0 Å². The molecule has 28 heavy (non-hydrogen) atoms. The van der Waals surface area contributed by atoms with Crippen LogP contribution in [0.25, 0.3) is 22.0 Å². The van der Waals surface area contributed by atoms with E-state index in [2.05, 4.69) is 38.9 Å². The van der Waals surface area contributed by atoms with Gasteiger partial charge in [0.1, 0.15) is 5.69 Å². The maximum absolute atomic E-state index is 12.6. The Bertz CT molecular complexity index is 1170. The summed E-state index contributed by atoms with van der Waals surface area (Å²) < 4.78 is 0. The standard InChI is InChI=1S/C23H20N4O/c1-15-21(18-10-4-3-5-11-18)25-26-22(15)23(28)27-24-16(2)19-14-8-12-17-9-6-7-13-20(17)19/h3-14H,1-2H3,(H,25,26)(H,27,28). The van der Waals surface area contributed by atoms with Crippen molar-refractivity contribution >= 4 is 22.4 Å². The fourth-order valence-corrected chi connectivity index (χ4v) is 3.29. The van der Waals surface area contributed by atoms with Gasteiger partial charge in [-0.05, 0) is 24.6 Å². The number of benzene rings is 3. The number of carbonyl (C=O) groups is 1. The zero-order valence-corrected chi connectivity index (χ0v) is 15.7. The zero-order chi connectivity index (χ0) is 19.5. The van der Waals surface area contributed by atoms with Crippen molar-refractivity contribution in [2.45, 2.75) is 13.8 Å². The Balaban J connectivity index is 1.58. The molecule has 138 valence electrons. The van der Waals surface area contributed by atoms with Crippen LogP contribution in [0.15, 0.2) is 77.9 Å². The van der Waals surface area contributed by atoms with E-state index in [1.165, 1.54) is 0 Å². The van der Waals surface area contributed by atoms with E-state index in [0.29, 0.717) is 5.69 Å². The molecule has 0 fully saturated rings. The molecule has 0 aliphatic carbocycles. The molecule has 0 saturated carbocycles. The second-order valence-electron chi connectivity index (χ2n) is 6.60. The number of amides is 1. The van der Waals surface area contributed by atoms with Gasteiger partial charge in [0.15, 0.2) is 0 Å². The van der Waals surface area contributed by atoms with Gasteiger partial charge >= 0.3 is 0 Å². The molecule has 1 amide bonds. The molecule has 0 aliphatic heterocycles. The van der Waals surface area contributed by atoms with Crippen molar-refractivity contribution in [3.05, 3.63) is 89.6 Å². The van der Waals surface area contributed by atoms with E-state index in [-0.39, 0.29) is 5.91 Å². The highest BCUT2D eigenvalue weighted by Gasteiger charge is 2.16. The minimum atomic E-state index is -0.313. The second-order valence-corrected chi connectivity index (χ2v) is 6.60. The Morgan fingerprint density at radius 2 is 1.68 bits per heavy atom. The van der Waals surface area contributed by atoms with Crippen molar-refractivity contribution in [3.8, 4) is 11.3 Å². The fourth-order valence-electron chi connectivity index (χ4n) is 3.29. The summed E-state index contributed by atoms with van der Waals surface area (Å²) in [6.45, 7) is 3.76. The molecule has 3 aromatic carbocycles. The Labute approximate surface area is 163 Å². The van der Waals surface area contributed by atoms with E-state index in [9.17, 15) is 4.79 Å². The number of hydrazone groups is 1. The van der Waals surface area contributed by atoms with Crippen LogP contribution >= 0.6 is 0 Å². The third kappa shape index (κ3) is 3.30. The molecule has 4 rings (SSSR count). The SMILES string of the molecule is CC(=NNC(=O)c1[nH]nc(-c2ccccc2)c1C)c1cccc2ccccc12. The summed E-state index contributed by atoms with van der Waals surface area (Å²) in [5, 5.41) is 13.7. The van der Waals surface area contributed by atoms with Crippen molar-refractivity contribution in [1.29, 1.82) is 0 Å². The summed E-state index contributed by atoms with van der Waals surface area (Å²) in [7, 11) is 0. The molecule has 1 aromatic heterocycles. The Morgan fingerprint density at radius 1 is 0.964 bits per heavy atom. The van der Waals surface area contributed by atoms with Gasteiger partial charge in [0.05, 0.1) is 11.4 Å². The topological polar surface area (TPSA) is 70.1 Å². The number of hydrogen-bond donors (Lipinski definition) is 2. The lowest BCUT2D eigenvalue weighted by atomic mass is 10.0. The van der Waals surface area contributed by atoms with Crippen molar-refractivity contribution < 1.29 is 4.79 Å². The van der Waals surface area contributed by atoms with Gasteiger partial charge in [-0.3, -0.25) is 9.89 Å². The lowest BCUT2D eigenvalue weighted by molar-refractivity contribution is 0.0949. The first-order valence-electron chi connectivity index (χ1n) is 9.08. The lowest BCUT2D eigenvalue weighted by Gasteiger charge is -2.06. The van der Waals surface area contributed by atoms with Crippen LogP contribution < -0.4 is 5.43 Å². The van der Waals surface area contributed by atoms with Gasteiger partial charge < -0.3 is 0 Å². The van der Waals surface area contributed by atoms with E-state index < -0.39 is 0 Å². The van der Waals surface area contributed by atoms with Gasteiger partial charge in [0.2, 0.25) is 0 Å². The van der Waals surface area contributed by atoms with Gasteiger partial charge in [0.25, 0.3) is 5.91 Å². The Kier molecular flexibility index (Phi) is 4.72. The molecule has 0 radical (unpaired) electrons. The molecule has 4 aromatic rings. The zero-order valence-electron chi connectivity index (χ0n) is 15.7. The molecule has 0 bridgehead atoms. The van der Waals surface area contributed by atoms with Crippen LogP contribution in [0.2, 0.25) is 0 Å². The molecule has 5 nitrogen and oxygen atoms in total. The average molecular weight is 368 g/mol. The first-order chi connectivity index (χ1) is 13.6. The highest BCUT2D eigenvalue weighted by atomic mass is 16.2. The van der Waals surface area contributed by atoms with Crippen LogP contribution in [0, 0.1) is 6.92 Å². The molecule has 0 spiro atoms. The quantitative estimate of drug-likeness (QED) is 0.405. The molecule has 0 saturated heterocycles. The molecule has 0 unspecified atom stereocenters. The summed E-state index contributed by atoms with van der Waals surface area (Å²) in [5.74, 6) is -0.313. The van der Waals surface area contributed by atoms with Crippen LogP contribution in [0.4, 0.5) is 0 Å². The lowest BCUT2D eigenvalue weighted by Crippen LogP contribution is -2.20. The van der Waals surface area contributed by atoms with Gasteiger partial charge in [-0.25, -0.2) is 5.43 Å². The number of aromatic nitrogens is 2. The maximum Gasteiger partial charge on any atom is 0.289 e. The number of nitrogens with zero attached hydrogens (tertiary/aromatic N) is 2. The van der Waals surface area contributed by atoms with E-state index in [1.54, 1.807) is 0 Å². The monoisotopic (exact) mass is 368 g/mol. The third-order valence-corrected chi connectivity index (χ3v) is 4.79. The number of rotatable bonds is 4. The molecule has 1 heterocycles. The number of H-pyrrole nitrogens is 1. The number of nitrogens with one attached hydrogen (secondary N) is 2. The van der Waals surface area contributed by atoms with Crippen molar-refractivity contribution in [2.75, 3.05) is 0 Å². The first-order valence-corrected chi connectivity index (χ1v) is 9.08. The smallest absolute Gasteiger partial charge is 0.272 e. The van der Waals surface area contributed by atoms with E-state index in [4.69, 9.17) is 0 Å². The van der Waals surface area contributed by atoms with E-state index >= 15 is 0 Å². The van der Waals surface area contributed by atoms with Gasteiger partial charge in [0, 0.05) is 16.7 Å². The van der Waals surface area contributed by atoms with Crippen LogP contribution in [0.5, 0.6) is 0 Å². The first kappa shape index (κ1) is 17.7. The van der Waals surface area contributed by atoms with Crippen molar-refractivity contribution in [2.24, 2.45) is 5.10 Å². The summed E-state index contributed by atoms with van der Waals surface area (Å²) >= 11 is 0. The van der Waals surface area contributed by atoms with Crippen LogP contribution in [0.1, 0.15) is 28.5 Å². The van der Waals surface area contributed by atoms with Crippen LogP contribution in [-0.4, -0.2) is 21.8 Å².